The average Bonchev–Trinajstić information content (AvgIpc) is 3.27. The maximum atomic E-state index is 6.13. The van der Waals surface area contributed by atoms with Crippen LogP contribution in [0, 0.1) is 0 Å². The number of fused-ring (bicyclic) bond motifs is 1. The summed E-state index contributed by atoms with van der Waals surface area (Å²) in [6.45, 7) is 5.32. The second-order valence-electron chi connectivity index (χ2n) is 7.43. The molecular weight excluding hydrogens is 431 g/mol. The van der Waals surface area contributed by atoms with Gasteiger partial charge in [-0.05, 0) is 56.8 Å². The second kappa shape index (κ2) is 10.5. The summed E-state index contributed by atoms with van der Waals surface area (Å²) in [5.41, 5.74) is 9.83. The molecule has 2 aromatic rings. The molecule has 1 aromatic carbocycles. The van der Waals surface area contributed by atoms with Gasteiger partial charge in [-0.25, -0.2) is 4.98 Å². The molecule has 0 bridgehead atoms. The zero-order chi connectivity index (χ0) is 18.8. The lowest BCUT2D eigenvalue weighted by atomic mass is 10.2. The van der Waals surface area contributed by atoms with Gasteiger partial charge in [0.25, 0.3) is 0 Å². The third-order valence-electron chi connectivity index (χ3n) is 5.26. The van der Waals surface area contributed by atoms with Gasteiger partial charge in [0.2, 0.25) is 5.95 Å². The van der Waals surface area contributed by atoms with E-state index in [9.17, 15) is 0 Å². The molecule has 0 amide bonds. The van der Waals surface area contributed by atoms with E-state index in [0.717, 1.165) is 63.2 Å². The van der Waals surface area contributed by atoms with E-state index in [-0.39, 0.29) is 24.8 Å². The van der Waals surface area contributed by atoms with Crippen LogP contribution in [0.25, 0.3) is 0 Å². The van der Waals surface area contributed by atoms with Gasteiger partial charge in [0.1, 0.15) is 5.82 Å². The fourth-order valence-corrected chi connectivity index (χ4v) is 4.25. The molecule has 0 spiro atoms. The van der Waals surface area contributed by atoms with E-state index in [0.29, 0.717) is 22.7 Å². The summed E-state index contributed by atoms with van der Waals surface area (Å²) in [6.07, 6.45) is 5.56. The van der Waals surface area contributed by atoms with Crippen molar-refractivity contribution in [3.63, 3.8) is 0 Å². The van der Waals surface area contributed by atoms with Crippen LogP contribution in [0.4, 0.5) is 23.1 Å². The molecule has 0 radical (unpaired) electrons. The summed E-state index contributed by atoms with van der Waals surface area (Å²) < 4.78 is 0. The number of nitrogens with zero attached hydrogens (tertiary/aromatic N) is 3. The standard InChI is InChI=1S/C20H27ClN6.2ClH/c1-2-7-23-15-6-8-27(12-15)19-17-4-3-5-18(17)25-20(26-19)24-16-10-13(21)9-14(22)11-16;;/h9-11,15,23H,2-8,12,22H2,1H3,(H,24,25,26);2*1H/t15-;;/m0../s1. The number of halogens is 3. The lowest BCUT2D eigenvalue weighted by molar-refractivity contribution is 0.549. The zero-order valence-corrected chi connectivity index (χ0v) is 19.0. The van der Waals surface area contributed by atoms with Gasteiger partial charge < -0.3 is 21.3 Å². The molecule has 29 heavy (non-hydrogen) atoms. The summed E-state index contributed by atoms with van der Waals surface area (Å²) in [7, 11) is 0. The summed E-state index contributed by atoms with van der Waals surface area (Å²) in [4.78, 5) is 12.1. The van der Waals surface area contributed by atoms with Crippen LogP contribution >= 0.6 is 36.4 Å². The largest absolute Gasteiger partial charge is 0.399 e. The Morgan fingerprint density at radius 3 is 2.79 bits per heavy atom. The highest BCUT2D eigenvalue weighted by molar-refractivity contribution is 6.31. The number of nitrogens with two attached hydrogens (primary N) is 1. The molecule has 9 heteroatoms. The number of hydrogen-bond donors (Lipinski definition) is 3. The Balaban J connectivity index is 0.00000150. The first-order valence-electron chi connectivity index (χ1n) is 9.83. The van der Waals surface area contributed by atoms with Crippen LogP contribution in [-0.2, 0) is 12.8 Å². The van der Waals surface area contributed by atoms with Crippen molar-refractivity contribution in [3.05, 3.63) is 34.5 Å². The van der Waals surface area contributed by atoms with Crippen molar-refractivity contribution in [1.82, 2.24) is 15.3 Å². The number of nitrogens with one attached hydrogen (secondary N) is 2. The monoisotopic (exact) mass is 458 g/mol. The maximum Gasteiger partial charge on any atom is 0.229 e. The molecule has 1 fully saturated rings. The number of rotatable bonds is 6. The minimum atomic E-state index is 0. The SMILES string of the molecule is CCCN[C@H]1CCN(c2nc(Nc3cc(N)cc(Cl)c3)nc3c2CCC3)C1.Cl.Cl. The topological polar surface area (TPSA) is 79.1 Å². The first-order chi connectivity index (χ1) is 13.1. The number of aryl methyl sites for hydroxylation is 1. The van der Waals surface area contributed by atoms with E-state index >= 15 is 0 Å². The van der Waals surface area contributed by atoms with Gasteiger partial charge in [0, 0.05) is 41.1 Å². The van der Waals surface area contributed by atoms with Crippen LogP contribution in [-0.4, -0.2) is 35.6 Å². The van der Waals surface area contributed by atoms with Crippen molar-refractivity contribution in [2.45, 2.75) is 45.1 Å². The molecule has 6 nitrogen and oxygen atoms in total. The highest BCUT2D eigenvalue weighted by Gasteiger charge is 2.28. The quantitative estimate of drug-likeness (QED) is 0.557. The van der Waals surface area contributed by atoms with Gasteiger partial charge in [0.05, 0.1) is 5.69 Å². The summed E-state index contributed by atoms with van der Waals surface area (Å²) in [5, 5.41) is 7.53. The highest BCUT2D eigenvalue weighted by Crippen LogP contribution is 2.33. The fourth-order valence-electron chi connectivity index (χ4n) is 4.01. The van der Waals surface area contributed by atoms with E-state index in [1.807, 2.05) is 12.1 Å². The van der Waals surface area contributed by atoms with Crippen molar-refractivity contribution < 1.29 is 0 Å². The summed E-state index contributed by atoms with van der Waals surface area (Å²) >= 11 is 6.13. The molecule has 1 saturated heterocycles. The van der Waals surface area contributed by atoms with Crippen molar-refractivity contribution in [2.75, 3.05) is 35.6 Å². The third-order valence-corrected chi connectivity index (χ3v) is 5.48. The van der Waals surface area contributed by atoms with Gasteiger partial charge >= 0.3 is 0 Å². The molecular formula is C20H29Cl3N6. The van der Waals surface area contributed by atoms with Crippen LogP contribution in [0.5, 0.6) is 0 Å². The molecule has 160 valence electrons. The number of anilines is 4. The van der Waals surface area contributed by atoms with Gasteiger partial charge in [-0.2, -0.15) is 4.98 Å². The Morgan fingerprint density at radius 2 is 2.03 bits per heavy atom. The lowest BCUT2D eigenvalue weighted by Gasteiger charge is -2.22. The number of hydrogen-bond acceptors (Lipinski definition) is 6. The van der Waals surface area contributed by atoms with Crippen molar-refractivity contribution >= 4 is 59.6 Å². The maximum absolute atomic E-state index is 6.13. The molecule has 0 unspecified atom stereocenters. The van der Waals surface area contributed by atoms with E-state index in [1.54, 1.807) is 6.07 Å². The van der Waals surface area contributed by atoms with Gasteiger partial charge in [0.15, 0.2) is 0 Å². The van der Waals surface area contributed by atoms with Crippen LogP contribution in [0.15, 0.2) is 18.2 Å². The summed E-state index contributed by atoms with van der Waals surface area (Å²) in [6, 6.07) is 5.97. The Hall–Kier alpha value is -1.47. The Kier molecular flexibility index (Phi) is 8.64. The van der Waals surface area contributed by atoms with Crippen LogP contribution < -0.4 is 21.3 Å². The van der Waals surface area contributed by atoms with Crippen LogP contribution in [0.2, 0.25) is 5.02 Å². The predicted molar refractivity (Wildman–Crippen MR) is 127 cm³/mol. The van der Waals surface area contributed by atoms with Gasteiger partial charge in [-0.3, -0.25) is 0 Å². The van der Waals surface area contributed by atoms with Crippen LogP contribution in [0.1, 0.15) is 37.4 Å². The van der Waals surface area contributed by atoms with E-state index in [2.05, 4.69) is 22.5 Å². The summed E-state index contributed by atoms with van der Waals surface area (Å²) in [5.74, 6) is 1.72. The lowest BCUT2D eigenvalue weighted by Crippen LogP contribution is -2.33. The molecule has 2 heterocycles. The normalized spacial score (nSPS) is 17.4. The van der Waals surface area contributed by atoms with Crippen molar-refractivity contribution in [1.29, 1.82) is 0 Å². The van der Waals surface area contributed by atoms with E-state index in [1.165, 1.54) is 11.3 Å². The average molecular weight is 460 g/mol. The second-order valence-corrected chi connectivity index (χ2v) is 7.87. The molecule has 1 aliphatic carbocycles. The van der Waals surface area contributed by atoms with Crippen molar-refractivity contribution in [3.8, 4) is 0 Å². The molecule has 1 aliphatic heterocycles. The molecule has 1 aromatic heterocycles. The van der Waals surface area contributed by atoms with Gasteiger partial charge in [-0.15, -0.1) is 24.8 Å². The molecule has 1 atom stereocenters. The number of aromatic nitrogens is 2. The molecule has 4 rings (SSSR count). The molecule has 0 saturated carbocycles. The molecule has 4 N–H and O–H groups in total. The highest BCUT2D eigenvalue weighted by atomic mass is 35.5. The van der Waals surface area contributed by atoms with Crippen molar-refractivity contribution in [2.24, 2.45) is 0 Å². The number of benzene rings is 1. The number of nitrogen functional groups attached to an aromatic ring is 1. The fraction of sp³-hybridized carbons (Fsp3) is 0.500. The van der Waals surface area contributed by atoms with Crippen LogP contribution in [0.3, 0.4) is 0 Å². The van der Waals surface area contributed by atoms with Gasteiger partial charge in [-0.1, -0.05) is 18.5 Å². The van der Waals surface area contributed by atoms with E-state index < -0.39 is 0 Å². The Bertz CT molecular complexity index is 812. The minimum Gasteiger partial charge on any atom is -0.399 e. The smallest absolute Gasteiger partial charge is 0.229 e. The third kappa shape index (κ3) is 5.57. The zero-order valence-electron chi connectivity index (χ0n) is 16.6. The van der Waals surface area contributed by atoms with E-state index in [4.69, 9.17) is 27.3 Å². The first-order valence-corrected chi connectivity index (χ1v) is 10.2. The first kappa shape index (κ1) is 23.8. The minimum absolute atomic E-state index is 0. The Labute approximate surface area is 189 Å². The Morgan fingerprint density at radius 1 is 1.21 bits per heavy atom. The molecule has 2 aliphatic rings. The predicted octanol–water partition coefficient (Wildman–Crippen LogP) is 4.37.